The zero-order valence-corrected chi connectivity index (χ0v) is 8.61. The number of phosphoric acid groups is 1. The minimum atomic E-state index is -5.39. The molecule has 6 nitrogen and oxygen atoms in total. The summed E-state index contributed by atoms with van der Waals surface area (Å²) in [5.41, 5.74) is 0. The van der Waals surface area contributed by atoms with Crippen LogP contribution in [0.25, 0.3) is 0 Å². The van der Waals surface area contributed by atoms with E-state index in [-0.39, 0.29) is 17.4 Å². The summed E-state index contributed by atoms with van der Waals surface area (Å²) < 4.78 is 18.1. The summed E-state index contributed by atoms with van der Waals surface area (Å²) in [5.74, 6) is 0. The Kier molecular flexibility index (Phi) is 14.2. The van der Waals surface area contributed by atoms with Crippen LogP contribution in [0.1, 0.15) is 6.92 Å². The van der Waals surface area contributed by atoms with Crippen molar-refractivity contribution in [3.8, 4) is 0 Å². The SMILES string of the molecule is CC[P+](=O)O.O=P([O-])([O-])[O-].[Al+3]. The first-order valence-corrected chi connectivity index (χ1v) is 4.99. The van der Waals surface area contributed by atoms with E-state index in [9.17, 15) is 4.57 Å². The minimum absolute atomic E-state index is 0. The van der Waals surface area contributed by atoms with Gasteiger partial charge in [0, 0.05) is 0 Å². The van der Waals surface area contributed by atoms with Gasteiger partial charge in [-0.1, -0.05) is 0 Å². The number of hydrogen-bond acceptors (Lipinski definition) is 5. The molecule has 0 fully saturated rings. The molecule has 0 saturated carbocycles. The van der Waals surface area contributed by atoms with Crippen LogP contribution in [0.5, 0.6) is 0 Å². The van der Waals surface area contributed by atoms with Crippen LogP contribution in [0.3, 0.4) is 0 Å². The largest absolute Gasteiger partial charge is 3.00 e. The maximum Gasteiger partial charge on any atom is 3.00 e. The van der Waals surface area contributed by atoms with Crippen molar-refractivity contribution in [2.24, 2.45) is 0 Å². The topological polar surface area (TPSA) is 124 Å². The van der Waals surface area contributed by atoms with Crippen molar-refractivity contribution in [2.45, 2.75) is 6.92 Å². The van der Waals surface area contributed by atoms with Crippen LogP contribution in [0.2, 0.25) is 0 Å². The van der Waals surface area contributed by atoms with Crippen LogP contribution < -0.4 is 14.7 Å². The Bertz CT molecular complexity index is 133. The van der Waals surface area contributed by atoms with E-state index in [1.807, 2.05) is 0 Å². The fourth-order valence-corrected chi connectivity index (χ4v) is 0. The molecule has 1 N–H and O–H groups in total. The molecule has 0 amide bonds. The molecule has 0 saturated heterocycles. The summed E-state index contributed by atoms with van der Waals surface area (Å²) in [6, 6.07) is 0. The molecule has 1 atom stereocenters. The summed E-state index contributed by atoms with van der Waals surface area (Å²) >= 11 is 0. The van der Waals surface area contributed by atoms with Crippen molar-refractivity contribution in [2.75, 3.05) is 6.16 Å². The summed E-state index contributed by atoms with van der Waals surface area (Å²) in [6.07, 6.45) is 0.370. The van der Waals surface area contributed by atoms with Crippen molar-refractivity contribution >= 4 is 33.2 Å². The Morgan fingerprint density at radius 3 is 1.55 bits per heavy atom. The van der Waals surface area contributed by atoms with Crippen molar-refractivity contribution in [3.63, 3.8) is 0 Å². The van der Waals surface area contributed by atoms with Crippen molar-refractivity contribution in [1.29, 1.82) is 0 Å². The number of rotatable bonds is 1. The predicted octanol–water partition coefficient (Wildman–Crippen LogP) is -2.46. The van der Waals surface area contributed by atoms with E-state index >= 15 is 0 Å². The van der Waals surface area contributed by atoms with Gasteiger partial charge in [0.15, 0.2) is 6.16 Å². The van der Waals surface area contributed by atoms with Gasteiger partial charge in [0.25, 0.3) is 0 Å². The average Bonchev–Trinajstić information content (AvgIpc) is 1.61. The molecular formula is C2H6AlO6P2+. The van der Waals surface area contributed by atoms with Gasteiger partial charge in [-0.05, 0) is 11.5 Å². The van der Waals surface area contributed by atoms with Gasteiger partial charge in [0.1, 0.15) is 0 Å². The molecule has 0 heterocycles. The van der Waals surface area contributed by atoms with Crippen molar-refractivity contribution < 1.29 is 28.7 Å². The molecule has 0 aliphatic carbocycles. The Balaban J connectivity index is -0.000000107. The smallest absolute Gasteiger partial charge is 0.822 e. The van der Waals surface area contributed by atoms with Crippen molar-refractivity contribution in [3.05, 3.63) is 0 Å². The van der Waals surface area contributed by atoms with E-state index in [2.05, 4.69) is 0 Å². The molecule has 0 aromatic heterocycles. The Morgan fingerprint density at radius 1 is 1.45 bits per heavy atom. The van der Waals surface area contributed by atoms with Gasteiger partial charge >= 0.3 is 25.4 Å². The van der Waals surface area contributed by atoms with Crippen LogP contribution in [-0.2, 0) is 9.13 Å². The zero-order valence-electron chi connectivity index (χ0n) is 5.67. The van der Waals surface area contributed by atoms with Gasteiger partial charge in [-0.25, -0.2) is 0 Å². The second-order valence-electron chi connectivity index (χ2n) is 1.12. The molecule has 0 spiro atoms. The van der Waals surface area contributed by atoms with Gasteiger partial charge in [-0.15, -0.1) is 0 Å². The van der Waals surface area contributed by atoms with Gasteiger partial charge in [-0.2, -0.15) is 12.7 Å². The molecule has 0 rings (SSSR count). The van der Waals surface area contributed by atoms with Crippen LogP contribution in [0.15, 0.2) is 0 Å². The van der Waals surface area contributed by atoms with Gasteiger partial charge in [0.2, 0.25) is 0 Å². The van der Waals surface area contributed by atoms with Crippen LogP contribution in [0, 0.1) is 0 Å². The van der Waals surface area contributed by atoms with E-state index in [1.54, 1.807) is 6.92 Å². The van der Waals surface area contributed by atoms with E-state index in [0.29, 0.717) is 6.16 Å². The van der Waals surface area contributed by atoms with Gasteiger partial charge in [-0.3, -0.25) is 0 Å². The Labute approximate surface area is 75.5 Å². The van der Waals surface area contributed by atoms with Crippen LogP contribution >= 0.6 is 15.9 Å². The second kappa shape index (κ2) is 8.80. The Morgan fingerprint density at radius 2 is 1.55 bits per heavy atom. The first-order chi connectivity index (χ1) is 4.27. The molecule has 62 valence electrons. The average molecular weight is 215 g/mol. The fraction of sp³-hybridized carbons (Fsp3) is 1.00. The molecule has 0 aromatic rings. The van der Waals surface area contributed by atoms with E-state index in [0.717, 1.165) is 0 Å². The van der Waals surface area contributed by atoms with Crippen LogP contribution in [0.4, 0.5) is 0 Å². The first kappa shape index (κ1) is 17.7. The quantitative estimate of drug-likeness (QED) is 0.382. The summed E-state index contributed by atoms with van der Waals surface area (Å²) in [4.78, 5) is 33.5. The fourth-order valence-electron chi connectivity index (χ4n) is 0. The first-order valence-electron chi connectivity index (χ1n) is 2.14. The van der Waals surface area contributed by atoms with E-state index in [4.69, 9.17) is 24.1 Å². The maximum absolute atomic E-state index is 9.52. The molecule has 0 aliphatic heterocycles. The molecule has 1 unspecified atom stereocenters. The van der Waals surface area contributed by atoms with Crippen LogP contribution in [-0.4, -0.2) is 28.4 Å². The molecule has 0 bridgehead atoms. The van der Waals surface area contributed by atoms with Gasteiger partial charge < -0.3 is 19.2 Å². The van der Waals surface area contributed by atoms with Gasteiger partial charge in [0.05, 0.1) is 0 Å². The van der Waals surface area contributed by atoms with E-state index < -0.39 is 15.9 Å². The Hall–Kier alpha value is 0.702. The summed E-state index contributed by atoms with van der Waals surface area (Å²) in [7, 11) is -7.24. The second-order valence-corrected chi connectivity index (χ2v) is 3.35. The maximum atomic E-state index is 9.52. The molecule has 0 aromatic carbocycles. The normalized spacial score (nSPS) is 10.5. The number of hydrogen-bond donors (Lipinski definition) is 1. The third kappa shape index (κ3) is 111. The molecule has 11 heavy (non-hydrogen) atoms. The monoisotopic (exact) mass is 215 g/mol. The standard InChI is InChI=1S/C2H5O2P.Al.H3O4P/c1-2-5(3)4;;1-5(2,3)4/h2H2,1H3;;(H3,1,2,3,4)/q;+3;/p-2. The third-order valence-corrected chi connectivity index (χ3v) is 0.812. The zero-order chi connectivity index (χ0) is 8.78. The summed E-state index contributed by atoms with van der Waals surface area (Å²) in [5, 5.41) is 0. The predicted molar refractivity (Wildman–Crippen MR) is 33.7 cm³/mol. The molecule has 9 heteroatoms. The van der Waals surface area contributed by atoms with E-state index in [1.165, 1.54) is 0 Å². The third-order valence-electron chi connectivity index (χ3n) is 0.271. The minimum Gasteiger partial charge on any atom is -0.822 e. The molecule has 0 radical (unpaired) electrons. The van der Waals surface area contributed by atoms with Crippen molar-refractivity contribution in [1.82, 2.24) is 0 Å². The molecule has 0 aliphatic rings. The molecular weight excluding hydrogens is 209 g/mol. The summed E-state index contributed by atoms with van der Waals surface area (Å²) in [6.45, 7) is 1.67.